The maximum Gasteiger partial charge on any atom is 0.263 e. The standard InChI is InChI=1S/C27H25F2N3O4/c1-30-6-5-18-22(30)8-16(29)9-23(18)32-13-21(27(34)31-12-15-3-4-17(31)7-15)19-10-24(35-2)25(36-14-28)11-20(19)26(32)33/h5-6,8-11,13,15,17H,3-4,7,12,14H2,1-2H3. The summed E-state index contributed by atoms with van der Waals surface area (Å²) < 4.78 is 41.3. The number of hydrogen-bond donors (Lipinski definition) is 0. The van der Waals surface area contributed by atoms with E-state index in [2.05, 4.69) is 0 Å². The Bertz CT molecular complexity index is 1590. The summed E-state index contributed by atoms with van der Waals surface area (Å²) in [7, 11) is 3.20. The minimum absolute atomic E-state index is 0.0464. The Balaban J connectivity index is 1.65. The molecule has 2 bridgehead atoms. The predicted octanol–water partition coefficient (Wildman–Crippen LogP) is 4.56. The van der Waals surface area contributed by atoms with Gasteiger partial charge in [-0.15, -0.1) is 0 Å². The molecule has 186 valence electrons. The van der Waals surface area contributed by atoms with Gasteiger partial charge in [0.2, 0.25) is 6.86 Å². The average molecular weight is 494 g/mol. The highest BCUT2D eigenvalue weighted by molar-refractivity contribution is 6.08. The predicted molar refractivity (Wildman–Crippen MR) is 131 cm³/mol. The van der Waals surface area contributed by atoms with Gasteiger partial charge in [-0.25, -0.2) is 8.78 Å². The zero-order valence-electron chi connectivity index (χ0n) is 20.0. The molecule has 0 N–H and O–H groups in total. The number of methoxy groups -OCH3 is 1. The first-order chi connectivity index (χ1) is 17.4. The van der Waals surface area contributed by atoms with Gasteiger partial charge in [-0.3, -0.25) is 14.2 Å². The van der Waals surface area contributed by atoms with E-state index >= 15 is 0 Å². The number of benzene rings is 2. The number of aromatic nitrogens is 2. The fraction of sp³-hybridized carbons (Fsp3) is 0.333. The molecule has 1 aliphatic carbocycles. The van der Waals surface area contributed by atoms with E-state index < -0.39 is 18.2 Å². The van der Waals surface area contributed by atoms with Crippen LogP contribution in [-0.4, -0.2) is 46.5 Å². The first-order valence-electron chi connectivity index (χ1n) is 11.9. The quantitative estimate of drug-likeness (QED) is 0.409. The maximum absolute atomic E-state index is 14.7. The summed E-state index contributed by atoms with van der Waals surface area (Å²) in [6, 6.07) is 7.58. The van der Waals surface area contributed by atoms with Crippen LogP contribution in [0.5, 0.6) is 11.5 Å². The number of likely N-dealkylation sites (tertiary alicyclic amines) is 1. The third-order valence-electron chi connectivity index (χ3n) is 7.62. The van der Waals surface area contributed by atoms with Gasteiger partial charge < -0.3 is 18.9 Å². The van der Waals surface area contributed by atoms with Crippen molar-refractivity contribution in [3.63, 3.8) is 0 Å². The number of carbonyl (C=O) groups is 1. The minimum atomic E-state index is -1.11. The summed E-state index contributed by atoms with van der Waals surface area (Å²) in [5.41, 5.74) is 0.748. The van der Waals surface area contributed by atoms with Crippen molar-refractivity contribution < 1.29 is 23.0 Å². The Morgan fingerprint density at radius 2 is 1.92 bits per heavy atom. The lowest BCUT2D eigenvalue weighted by Crippen LogP contribution is -2.38. The zero-order chi connectivity index (χ0) is 25.1. The number of hydrogen-bond acceptors (Lipinski definition) is 4. The largest absolute Gasteiger partial charge is 0.493 e. The van der Waals surface area contributed by atoms with Crippen molar-refractivity contribution in [2.24, 2.45) is 13.0 Å². The van der Waals surface area contributed by atoms with Crippen LogP contribution in [0, 0.1) is 11.7 Å². The summed E-state index contributed by atoms with van der Waals surface area (Å²) in [6.07, 6.45) is 6.33. The first-order valence-corrected chi connectivity index (χ1v) is 11.9. The molecule has 1 saturated heterocycles. The van der Waals surface area contributed by atoms with Crippen molar-refractivity contribution in [3.05, 3.63) is 64.5 Å². The Labute approximate surface area is 205 Å². The maximum atomic E-state index is 14.7. The second-order valence-electron chi connectivity index (χ2n) is 9.59. The summed E-state index contributed by atoms with van der Waals surface area (Å²) in [6.45, 7) is -0.437. The van der Waals surface area contributed by atoms with E-state index in [-0.39, 0.29) is 28.8 Å². The SMILES string of the molecule is COc1cc2c(C(=O)N3CC4CCC3C4)cn(-c3cc(F)cc4c3ccn4C)c(=O)c2cc1OCF. The molecule has 2 aromatic carbocycles. The van der Waals surface area contributed by atoms with Crippen molar-refractivity contribution in [1.82, 2.24) is 14.0 Å². The molecule has 0 spiro atoms. The van der Waals surface area contributed by atoms with Gasteiger partial charge in [0.15, 0.2) is 11.5 Å². The molecule has 1 saturated carbocycles. The molecule has 2 aliphatic rings. The van der Waals surface area contributed by atoms with Crippen LogP contribution in [0.1, 0.15) is 29.6 Å². The number of alkyl halides is 1. The molecular formula is C27H25F2N3O4. The van der Waals surface area contributed by atoms with Crippen LogP contribution in [0.4, 0.5) is 8.78 Å². The number of pyridine rings is 1. The van der Waals surface area contributed by atoms with Gasteiger partial charge in [-0.2, -0.15) is 0 Å². The molecule has 3 heterocycles. The second-order valence-corrected chi connectivity index (χ2v) is 9.59. The summed E-state index contributed by atoms with van der Waals surface area (Å²) in [4.78, 5) is 29.6. The summed E-state index contributed by atoms with van der Waals surface area (Å²) in [5.74, 6) is 0.0491. The highest BCUT2D eigenvalue weighted by Crippen LogP contribution is 2.40. The van der Waals surface area contributed by atoms with Gasteiger partial charge in [0.05, 0.1) is 29.3 Å². The lowest BCUT2D eigenvalue weighted by molar-refractivity contribution is 0.0705. The first kappa shape index (κ1) is 22.6. The van der Waals surface area contributed by atoms with Crippen LogP contribution in [0.15, 0.2) is 47.5 Å². The fourth-order valence-corrected chi connectivity index (χ4v) is 5.87. The van der Waals surface area contributed by atoms with Gasteiger partial charge >= 0.3 is 0 Å². The van der Waals surface area contributed by atoms with E-state index in [4.69, 9.17) is 9.47 Å². The van der Waals surface area contributed by atoms with Crippen LogP contribution in [-0.2, 0) is 7.05 Å². The molecule has 2 fully saturated rings. The Morgan fingerprint density at radius 1 is 1.11 bits per heavy atom. The van der Waals surface area contributed by atoms with Crippen molar-refractivity contribution in [1.29, 1.82) is 0 Å². The lowest BCUT2D eigenvalue weighted by atomic mass is 10.0. The lowest BCUT2D eigenvalue weighted by Gasteiger charge is -2.28. The monoisotopic (exact) mass is 493 g/mol. The van der Waals surface area contributed by atoms with E-state index in [9.17, 15) is 18.4 Å². The third kappa shape index (κ3) is 3.37. The zero-order valence-corrected chi connectivity index (χ0v) is 20.0. The van der Waals surface area contributed by atoms with Crippen molar-refractivity contribution in [2.75, 3.05) is 20.5 Å². The van der Waals surface area contributed by atoms with Crippen molar-refractivity contribution in [2.45, 2.75) is 25.3 Å². The number of amides is 1. The van der Waals surface area contributed by atoms with E-state index in [0.717, 1.165) is 19.3 Å². The van der Waals surface area contributed by atoms with Gasteiger partial charge in [-0.05, 0) is 55.5 Å². The second kappa shape index (κ2) is 8.36. The minimum Gasteiger partial charge on any atom is -0.493 e. The highest BCUT2D eigenvalue weighted by Gasteiger charge is 2.41. The molecule has 6 rings (SSSR count). The van der Waals surface area contributed by atoms with Gasteiger partial charge in [-0.1, -0.05) is 0 Å². The fourth-order valence-electron chi connectivity index (χ4n) is 5.87. The van der Waals surface area contributed by atoms with Crippen molar-refractivity contribution in [3.8, 4) is 17.2 Å². The van der Waals surface area contributed by atoms with Crippen LogP contribution in [0.3, 0.4) is 0 Å². The average Bonchev–Trinajstić information content (AvgIpc) is 3.60. The van der Waals surface area contributed by atoms with Crippen LogP contribution < -0.4 is 15.0 Å². The van der Waals surface area contributed by atoms with E-state index in [0.29, 0.717) is 40.0 Å². The molecule has 0 radical (unpaired) electrons. The number of rotatable bonds is 5. The third-order valence-corrected chi connectivity index (χ3v) is 7.62. The van der Waals surface area contributed by atoms with E-state index in [1.54, 1.807) is 23.9 Å². The normalized spacial score (nSPS) is 18.9. The Kier molecular flexibility index (Phi) is 5.24. The molecule has 4 aromatic rings. The van der Waals surface area contributed by atoms with Crippen LogP contribution >= 0.6 is 0 Å². The van der Waals surface area contributed by atoms with Crippen LogP contribution in [0.2, 0.25) is 0 Å². The van der Waals surface area contributed by atoms with Gasteiger partial charge in [0, 0.05) is 42.8 Å². The smallest absolute Gasteiger partial charge is 0.263 e. The van der Waals surface area contributed by atoms with E-state index in [1.165, 1.54) is 42.1 Å². The molecule has 1 aliphatic heterocycles. The molecule has 2 aromatic heterocycles. The number of ether oxygens (including phenoxy) is 2. The number of fused-ring (bicyclic) bond motifs is 4. The molecule has 1 amide bonds. The van der Waals surface area contributed by atoms with Crippen molar-refractivity contribution >= 4 is 27.6 Å². The Morgan fingerprint density at radius 3 is 2.61 bits per heavy atom. The molecular weight excluding hydrogens is 468 g/mol. The molecule has 2 unspecified atom stereocenters. The summed E-state index contributed by atoms with van der Waals surface area (Å²) >= 11 is 0. The number of halogens is 2. The number of nitrogens with zero attached hydrogens (tertiary/aromatic N) is 3. The van der Waals surface area contributed by atoms with E-state index in [1.807, 2.05) is 4.90 Å². The highest BCUT2D eigenvalue weighted by atomic mass is 19.1. The van der Waals surface area contributed by atoms with Crippen LogP contribution in [0.25, 0.3) is 27.4 Å². The number of piperidine rings is 1. The molecule has 36 heavy (non-hydrogen) atoms. The Hall–Kier alpha value is -3.88. The molecule has 2 atom stereocenters. The van der Waals surface area contributed by atoms with Gasteiger partial charge in [0.25, 0.3) is 11.5 Å². The number of carbonyl (C=O) groups excluding carboxylic acids is 1. The molecule has 9 heteroatoms. The van der Waals surface area contributed by atoms with Gasteiger partial charge in [0.1, 0.15) is 5.82 Å². The topological polar surface area (TPSA) is 65.7 Å². The number of aryl methyl sites for hydroxylation is 1. The summed E-state index contributed by atoms with van der Waals surface area (Å²) in [5, 5.41) is 1.20. The molecule has 7 nitrogen and oxygen atoms in total.